The minimum Gasteiger partial charge on any atom is -0.333 e. The fourth-order valence-electron chi connectivity index (χ4n) is 2.11. The van der Waals surface area contributed by atoms with Gasteiger partial charge in [0.2, 0.25) is 0 Å². The zero-order valence-corrected chi connectivity index (χ0v) is 12.7. The molecule has 0 radical (unpaired) electrons. The lowest BCUT2D eigenvalue weighted by molar-refractivity contribution is 0.541. The minimum atomic E-state index is 0.160. The SMILES string of the molecule is CCCNC(c1nc(C)cs1)c1cncn1CCC. The van der Waals surface area contributed by atoms with Crippen molar-refractivity contribution >= 4 is 11.3 Å². The van der Waals surface area contributed by atoms with E-state index >= 15 is 0 Å². The molecule has 1 unspecified atom stereocenters. The maximum Gasteiger partial charge on any atom is 0.116 e. The van der Waals surface area contributed by atoms with E-state index in [9.17, 15) is 0 Å². The molecular formula is C14H22N4S. The largest absolute Gasteiger partial charge is 0.333 e. The van der Waals surface area contributed by atoms with Gasteiger partial charge in [0.15, 0.2) is 0 Å². The van der Waals surface area contributed by atoms with Gasteiger partial charge in [0, 0.05) is 17.6 Å². The molecule has 0 aromatic carbocycles. The van der Waals surface area contributed by atoms with E-state index in [0.717, 1.165) is 36.6 Å². The monoisotopic (exact) mass is 278 g/mol. The van der Waals surface area contributed by atoms with Gasteiger partial charge in [-0.1, -0.05) is 13.8 Å². The van der Waals surface area contributed by atoms with Gasteiger partial charge >= 0.3 is 0 Å². The molecule has 0 amide bonds. The first-order valence-electron chi connectivity index (χ1n) is 6.91. The molecule has 0 saturated carbocycles. The first-order chi connectivity index (χ1) is 9.26. The molecule has 0 saturated heterocycles. The van der Waals surface area contributed by atoms with E-state index < -0.39 is 0 Å². The Morgan fingerprint density at radius 3 is 2.84 bits per heavy atom. The van der Waals surface area contributed by atoms with Crippen LogP contribution in [-0.2, 0) is 6.54 Å². The molecule has 1 atom stereocenters. The summed E-state index contributed by atoms with van der Waals surface area (Å²) in [4.78, 5) is 8.94. The average molecular weight is 278 g/mol. The van der Waals surface area contributed by atoms with Crippen LogP contribution in [0.25, 0.3) is 0 Å². The molecule has 0 fully saturated rings. The third kappa shape index (κ3) is 3.42. The number of aromatic nitrogens is 3. The highest BCUT2D eigenvalue weighted by atomic mass is 32.1. The van der Waals surface area contributed by atoms with Crippen molar-refractivity contribution in [2.45, 2.75) is 46.2 Å². The molecule has 0 aliphatic carbocycles. The van der Waals surface area contributed by atoms with Crippen LogP contribution in [0.3, 0.4) is 0 Å². The van der Waals surface area contributed by atoms with E-state index in [4.69, 9.17) is 0 Å². The fraction of sp³-hybridized carbons (Fsp3) is 0.571. The number of imidazole rings is 1. The topological polar surface area (TPSA) is 42.7 Å². The highest BCUT2D eigenvalue weighted by molar-refractivity contribution is 7.09. The van der Waals surface area contributed by atoms with Crippen LogP contribution < -0.4 is 5.32 Å². The maximum absolute atomic E-state index is 4.64. The van der Waals surface area contributed by atoms with Gasteiger partial charge in [-0.3, -0.25) is 0 Å². The van der Waals surface area contributed by atoms with Gasteiger partial charge < -0.3 is 9.88 Å². The second-order valence-electron chi connectivity index (χ2n) is 4.73. The normalized spacial score (nSPS) is 12.8. The number of nitrogens with one attached hydrogen (secondary N) is 1. The second kappa shape index (κ2) is 6.82. The van der Waals surface area contributed by atoms with Crippen LogP contribution in [-0.4, -0.2) is 21.1 Å². The Hall–Kier alpha value is -1.20. The lowest BCUT2D eigenvalue weighted by Gasteiger charge is -2.18. The Bertz CT molecular complexity index is 503. The molecule has 5 heteroatoms. The first kappa shape index (κ1) is 14.2. The summed E-state index contributed by atoms with van der Waals surface area (Å²) in [6.07, 6.45) is 6.10. The van der Waals surface area contributed by atoms with E-state index in [0.29, 0.717) is 0 Å². The second-order valence-corrected chi connectivity index (χ2v) is 5.62. The molecule has 0 aliphatic heterocycles. The zero-order valence-electron chi connectivity index (χ0n) is 11.9. The van der Waals surface area contributed by atoms with Crippen molar-refractivity contribution in [3.63, 3.8) is 0 Å². The fourth-order valence-corrected chi connectivity index (χ4v) is 2.99. The Morgan fingerprint density at radius 2 is 2.21 bits per heavy atom. The van der Waals surface area contributed by atoms with Crippen molar-refractivity contribution < 1.29 is 0 Å². The minimum absolute atomic E-state index is 0.160. The van der Waals surface area contributed by atoms with Crippen molar-refractivity contribution in [3.05, 3.63) is 34.3 Å². The number of thiazole rings is 1. The molecule has 0 aliphatic rings. The van der Waals surface area contributed by atoms with Crippen molar-refractivity contribution in [3.8, 4) is 0 Å². The van der Waals surface area contributed by atoms with Gasteiger partial charge in [-0.2, -0.15) is 0 Å². The Morgan fingerprint density at radius 1 is 1.37 bits per heavy atom. The maximum atomic E-state index is 4.64. The standard InChI is InChI=1S/C14H22N4S/c1-4-6-16-13(14-17-11(3)9-19-14)12-8-15-10-18(12)7-5-2/h8-10,13,16H,4-7H2,1-3H3. The van der Waals surface area contributed by atoms with Gasteiger partial charge in [-0.15, -0.1) is 11.3 Å². The summed E-state index contributed by atoms with van der Waals surface area (Å²) in [5.41, 5.74) is 2.30. The van der Waals surface area contributed by atoms with E-state index in [1.165, 1.54) is 5.69 Å². The summed E-state index contributed by atoms with van der Waals surface area (Å²) in [6.45, 7) is 8.40. The Balaban J connectivity index is 2.28. The quantitative estimate of drug-likeness (QED) is 0.846. The van der Waals surface area contributed by atoms with Gasteiger partial charge in [-0.25, -0.2) is 9.97 Å². The van der Waals surface area contributed by atoms with Crippen LogP contribution >= 0.6 is 11.3 Å². The summed E-state index contributed by atoms with van der Waals surface area (Å²) in [5.74, 6) is 0. The van der Waals surface area contributed by atoms with Crippen molar-refractivity contribution in [2.24, 2.45) is 0 Å². The third-order valence-corrected chi connectivity index (χ3v) is 4.01. The Labute approximate surface area is 118 Å². The van der Waals surface area contributed by atoms with Gasteiger partial charge in [0.1, 0.15) is 11.0 Å². The summed E-state index contributed by atoms with van der Waals surface area (Å²) in [7, 11) is 0. The Kier molecular flexibility index (Phi) is 5.10. The molecule has 0 bridgehead atoms. The van der Waals surface area contributed by atoms with E-state index in [1.54, 1.807) is 11.3 Å². The molecule has 4 nitrogen and oxygen atoms in total. The van der Waals surface area contributed by atoms with Crippen molar-refractivity contribution in [1.82, 2.24) is 19.9 Å². The number of hydrogen-bond donors (Lipinski definition) is 1. The molecule has 0 spiro atoms. The van der Waals surface area contributed by atoms with E-state index in [1.807, 2.05) is 19.4 Å². The van der Waals surface area contributed by atoms with Crippen LogP contribution in [0.2, 0.25) is 0 Å². The summed E-state index contributed by atoms with van der Waals surface area (Å²) in [6, 6.07) is 0.160. The molecule has 1 N–H and O–H groups in total. The van der Waals surface area contributed by atoms with Gasteiger partial charge in [0.05, 0.1) is 18.2 Å². The molecule has 2 aromatic heterocycles. The molecular weight excluding hydrogens is 256 g/mol. The summed E-state index contributed by atoms with van der Waals surface area (Å²) >= 11 is 1.72. The molecule has 2 aromatic rings. The van der Waals surface area contributed by atoms with Crippen LogP contribution in [0.15, 0.2) is 17.9 Å². The predicted octanol–water partition coefficient (Wildman–Crippen LogP) is 3.15. The zero-order chi connectivity index (χ0) is 13.7. The average Bonchev–Trinajstić information content (AvgIpc) is 3.01. The van der Waals surface area contributed by atoms with Crippen molar-refractivity contribution in [1.29, 1.82) is 0 Å². The third-order valence-electron chi connectivity index (χ3n) is 2.99. The highest BCUT2D eigenvalue weighted by Gasteiger charge is 2.20. The molecule has 2 rings (SSSR count). The number of nitrogens with zero attached hydrogens (tertiary/aromatic N) is 3. The molecule has 19 heavy (non-hydrogen) atoms. The first-order valence-corrected chi connectivity index (χ1v) is 7.79. The molecule has 2 heterocycles. The van der Waals surface area contributed by atoms with Crippen molar-refractivity contribution in [2.75, 3.05) is 6.54 Å². The van der Waals surface area contributed by atoms with E-state index in [2.05, 4.69) is 39.1 Å². The van der Waals surface area contributed by atoms with Crippen LogP contribution in [0, 0.1) is 6.92 Å². The highest BCUT2D eigenvalue weighted by Crippen LogP contribution is 2.25. The van der Waals surface area contributed by atoms with Crippen LogP contribution in [0.4, 0.5) is 0 Å². The summed E-state index contributed by atoms with van der Waals surface area (Å²) in [5, 5.41) is 6.82. The smallest absolute Gasteiger partial charge is 0.116 e. The number of rotatable bonds is 7. The lowest BCUT2D eigenvalue weighted by Crippen LogP contribution is -2.25. The molecule has 104 valence electrons. The predicted molar refractivity (Wildman–Crippen MR) is 79.5 cm³/mol. The van der Waals surface area contributed by atoms with Crippen LogP contribution in [0.5, 0.6) is 0 Å². The number of aryl methyl sites for hydroxylation is 2. The van der Waals surface area contributed by atoms with E-state index in [-0.39, 0.29) is 6.04 Å². The van der Waals surface area contributed by atoms with Gasteiger partial charge in [-0.05, 0) is 26.3 Å². The van der Waals surface area contributed by atoms with Crippen LogP contribution in [0.1, 0.15) is 49.1 Å². The number of hydrogen-bond acceptors (Lipinski definition) is 4. The van der Waals surface area contributed by atoms with Gasteiger partial charge in [0.25, 0.3) is 0 Å². The summed E-state index contributed by atoms with van der Waals surface area (Å²) < 4.78 is 2.23. The lowest BCUT2D eigenvalue weighted by atomic mass is 10.2.